The third-order valence-corrected chi connectivity index (χ3v) is 3.62. The number of aromatic hydroxyl groups is 3. The van der Waals surface area contributed by atoms with Crippen LogP contribution in [0.2, 0.25) is 0 Å². The van der Waals surface area contributed by atoms with E-state index >= 15 is 0 Å². The van der Waals surface area contributed by atoms with E-state index < -0.39 is 38.1 Å². The van der Waals surface area contributed by atoms with Gasteiger partial charge in [0.1, 0.15) is 28.7 Å². The highest BCUT2D eigenvalue weighted by molar-refractivity contribution is 5.88. The molecule has 0 saturated carbocycles. The van der Waals surface area contributed by atoms with Crippen molar-refractivity contribution >= 4 is 22.3 Å². The molecule has 0 aliphatic heterocycles. The first-order chi connectivity index (χ1) is 12.2. The van der Waals surface area contributed by atoms with Gasteiger partial charge in [0.15, 0.2) is 0 Å². The molecule has 0 bridgehead atoms. The molecule has 11 heteroatoms. The second-order valence-corrected chi connectivity index (χ2v) is 5.19. The molecule has 0 unspecified atom stereocenters. The van der Waals surface area contributed by atoms with Gasteiger partial charge < -0.3 is 19.7 Å². The minimum atomic E-state index is -1.15. The number of phenolic OH excluding ortho intramolecular Hbond substituents is 3. The molecular formula is C15H8N2O9. The molecule has 1 heterocycles. The Morgan fingerprint density at radius 3 is 2.04 bits per heavy atom. The van der Waals surface area contributed by atoms with Crippen LogP contribution in [-0.2, 0) is 0 Å². The normalized spacial score (nSPS) is 10.8. The summed E-state index contributed by atoms with van der Waals surface area (Å²) in [6, 6.07) is 3.52. The van der Waals surface area contributed by atoms with Crippen molar-refractivity contribution in [2.24, 2.45) is 0 Å². The predicted octanol–water partition coefficient (Wildman–Crippen LogP) is 2.39. The largest absolute Gasteiger partial charge is 0.508 e. The minimum Gasteiger partial charge on any atom is -0.508 e. The van der Waals surface area contributed by atoms with Gasteiger partial charge in [0.05, 0.1) is 15.4 Å². The van der Waals surface area contributed by atoms with Crippen LogP contribution in [0.4, 0.5) is 11.4 Å². The molecule has 0 radical (unpaired) electrons. The summed E-state index contributed by atoms with van der Waals surface area (Å²) in [6.45, 7) is 0. The van der Waals surface area contributed by atoms with E-state index in [0.29, 0.717) is 0 Å². The highest BCUT2D eigenvalue weighted by atomic mass is 16.6. The van der Waals surface area contributed by atoms with E-state index in [1.54, 1.807) is 0 Å². The second-order valence-electron chi connectivity index (χ2n) is 5.19. The fourth-order valence-corrected chi connectivity index (χ4v) is 2.46. The lowest BCUT2D eigenvalue weighted by Crippen LogP contribution is -2.06. The van der Waals surface area contributed by atoms with Crippen molar-refractivity contribution in [3.63, 3.8) is 0 Å². The number of nitro groups is 2. The van der Waals surface area contributed by atoms with Gasteiger partial charge in [-0.05, 0) is 0 Å². The quantitative estimate of drug-likeness (QED) is 0.467. The van der Waals surface area contributed by atoms with Crippen molar-refractivity contribution in [2.75, 3.05) is 0 Å². The summed E-state index contributed by atoms with van der Waals surface area (Å²) in [4.78, 5) is 32.6. The van der Waals surface area contributed by atoms with E-state index in [0.717, 1.165) is 30.5 Å². The maximum absolute atomic E-state index is 12.6. The monoisotopic (exact) mass is 360 g/mol. The molecule has 0 atom stereocenters. The average molecular weight is 360 g/mol. The summed E-state index contributed by atoms with van der Waals surface area (Å²) < 4.78 is 5.15. The summed E-state index contributed by atoms with van der Waals surface area (Å²) in [5.41, 5.74) is -3.50. The van der Waals surface area contributed by atoms with Gasteiger partial charge in [-0.1, -0.05) is 0 Å². The zero-order chi connectivity index (χ0) is 19.2. The molecule has 132 valence electrons. The van der Waals surface area contributed by atoms with E-state index in [4.69, 9.17) is 4.42 Å². The molecular weight excluding hydrogens is 352 g/mol. The molecule has 0 aliphatic rings. The van der Waals surface area contributed by atoms with E-state index in [-0.39, 0.29) is 27.8 Å². The van der Waals surface area contributed by atoms with E-state index in [1.165, 1.54) is 0 Å². The third-order valence-electron chi connectivity index (χ3n) is 3.62. The molecule has 0 spiro atoms. The Labute approximate surface area is 142 Å². The van der Waals surface area contributed by atoms with Crippen molar-refractivity contribution < 1.29 is 29.6 Å². The first-order valence-electron chi connectivity index (χ1n) is 6.84. The molecule has 11 nitrogen and oxygen atoms in total. The van der Waals surface area contributed by atoms with E-state index in [9.17, 15) is 40.3 Å². The van der Waals surface area contributed by atoms with Crippen LogP contribution in [0.15, 0.2) is 39.7 Å². The van der Waals surface area contributed by atoms with Crippen LogP contribution in [0.1, 0.15) is 0 Å². The van der Waals surface area contributed by atoms with Crippen LogP contribution < -0.4 is 5.43 Å². The number of fused-ring (bicyclic) bond motifs is 1. The number of benzene rings is 2. The van der Waals surface area contributed by atoms with Crippen molar-refractivity contribution in [2.45, 2.75) is 0 Å². The Balaban J connectivity index is 2.37. The van der Waals surface area contributed by atoms with Gasteiger partial charge in [0, 0.05) is 29.8 Å². The van der Waals surface area contributed by atoms with Crippen molar-refractivity contribution in [1.29, 1.82) is 0 Å². The van der Waals surface area contributed by atoms with Gasteiger partial charge in [-0.2, -0.15) is 0 Å². The van der Waals surface area contributed by atoms with Crippen molar-refractivity contribution in [1.82, 2.24) is 0 Å². The van der Waals surface area contributed by atoms with Gasteiger partial charge in [-0.25, -0.2) is 0 Å². The maximum atomic E-state index is 12.6. The summed E-state index contributed by atoms with van der Waals surface area (Å²) in [7, 11) is 0. The summed E-state index contributed by atoms with van der Waals surface area (Å²) in [5.74, 6) is -2.11. The Morgan fingerprint density at radius 2 is 1.50 bits per heavy atom. The first-order valence-corrected chi connectivity index (χ1v) is 6.84. The number of hydrogen-bond donors (Lipinski definition) is 3. The third kappa shape index (κ3) is 2.53. The Hall–Kier alpha value is -4.15. The zero-order valence-electron chi connectivity index (χ0n) is 12.6. The van der Waals surface area contributed by atoms with Crippen LogP contribution in [0.3, 0.4) is 0 Å². The van der Waals surface area contributed by atoms with Crippen LogP contribution in [0.25, 0.3) is 22.1 Å². The molecule has 0 saturated heterocycles. The number of nitro benzene ring substituents is 2. The van der Waals surface area contributed by atoms with E-state index in [1.807, 2.05) is 0 Å². The van der Waals surface area contributed by atoms with Gasteiger partial charge in [0.25, 0.3) is 5.75 Å². The Kier molecular flexibility index (Phi) is 3.68. The van der Waals surface area contributed by atoms with Crippen molar-refractivity contribution in [3.8, 4) is 28.4 Å². The van der Waals surface area contributed by atoms with Crippen LogP contribution in [0, 0.1) is 20.2 Å². The molecule has 0 aliphatic carbocycles. The Morgan fingerprint density at radius 1 is 0.923 bits per heavy atom. The molecule has 0 fully saturated rings. The smallest absolute Gasteiger partial charge is 0.318 e. The number of rotatable bonds is 3. The average Bonchev–Trinajstić information content (AvgIpc) is 2.54. The fourth-order valence-electron chi connectivity index (χ4n) is 2.46. The van der Waals surface area contributed by atoms with Crippen LogP contribution in [0.5, 0.6) is 17.2 Å². The molecule has 3 aromatic rings. The summed E-state index contributed by atoms with van der Waals surface area (Å²) in [6.07, 6.45) is 0.878. The molecule has 2 aromatic carbocycles. The standard InChI is InChI=1S/C15H8N2O9/c18-7-3-11(19)13-12(4-7)26-5-8(14(13)20)6-1-9(16(22)23)15(21)10(2-6)17(24)25/h1-5,18-19,21H. The number of phenols is 3. The minimum absolute atomic E-state index is 0.154. The fraction of sp³-hybridized carbons (Fsp3) is 0. The van der Waals surface area contributed by atoms with E-state index in [2.05, 4.69) is 0 Å². The molecule has 3 N–H and O–H groups in total. The van der Waals surface area contributed by atoms with Crippen molar-refractivity contribution in [3.05, 3.63) is 61.0 Å². The van der Waals surface area contributed by atoms with Gasteiger partial charge in [-0.15, -0.1) is 0 Å². The molecule has 3 rings (SSSR count). The van der Waals surface area contributed by atoms with Gasteiger partial charge in [0.2, 0.25) is 5.43 Å². The zero-order valence-corrected chi connectivity index (χ0v) is 12.6. The van der Waals surface area contributed by atoms with Gasteiger partial charge in [-0.3, -0.25) is 25.0 Å². The maximum Gasteiger partial charge on any atom is 0.318 e. The molecule has 1 aromatic heterocycles. The van der Waals surface area contributed by atoms with Gasteiger partial charge >= 0.3 is 11.4 Å². The Bertz CT molecular complexity index is 1110. The lowest BCUT2D eigenvalue weighted by Gasteiger charge is -2.06. The topological polar surface area (TPSA) is 177 Å². The summed E-state index contributed by atoms with van der Waals surface area (Å²) in [5, 5.41) is 50.7. The molecule has 26 heavy (non-hydrogen) atoms. The first kappa shape index (κ1) is 16.7. The SMILES string of the molecule is O=c1c(-c2cc([N+](=O)[O-])c(O)c([N+](=O)[O-])c2)coc2cc(O)cc(O)c12. The second kappa shape index (κ2) is 5.73. The van der Waals surface area contributed by atoms with Crippen LogP contribution in [-0.4, -0.2) is 25.2 Å². The summed E-state index contributed by atoms with van der Waals surface area (Å²) >= 11 is 0. The molecule has 0 amide bonds. The van der Waals surface area contributed by atoms with Crippen LogP contribution >= 0.6 is 0 Å². The predicted molar refractivity (Wildman–Crippen MR) is 86.2 cm³/mol. The highest BCUT2D eigenvalue weighted by Crippen LogP contribution is 2.40. The number of hydrogen-bond acceptors (Lipinski definition) is 9. The lowest BCUT2D eigenvalue weighted by molar-refractivity contribution is -0.396. The number of nitrogens with zero attached hydrogens (tertiary/aromatic N) is 2. The lowest BCUT2D eigenvalue weighted by atomic mass is 10.0. The highest BCUT2D eigenvalue weighted by Gasteiger charge is 2.28.